The van der Waals surface area contributed by atoms with Crippen molar-refractivity contribution < 1.29 is 14.3 Å². The third-order valence-corrected chi connectivity index (χ3v) is 2.68. The molecule has 1 amide bonds. The summed E-state index contributed by atoms with van der Waals surface area (Å²) in [6, 6.07) is 1.74. The van der Waals surface area contributed by atoms with Crippen LogP contribution >= 0.6 is 11.6 Å². The van der Waals surface area contributed by atoms with Gasteiger partial charge in [-0.05, 0) is 31.9 Å². The van der Waals surface area contributed by atoms with Crippen molar-refractivity contribution in [2.75, 3.05) is 13.2 Å². The molecule has 19 heavy (non-hydrogen) atoms. The minimum atomic E-state index is -0.637. The molecule has 1 aromatic heterocycles. The number of hydrogen-bond donors (Lipinski definition) is 1. The van der Waals surface area contributed by atoms with E-state index in [0.717, 1.165) is 12.1 Å². The van der Waals surface area contributed by atoms with Crippen molar-refractivity contribution in [2.24, 2.45) is 0 Å². The van der Waals surface area contributed by atoms with Crippen molar-refractivity contribution in [3.05, 3.63) is 28.0 Å². The second kappa shape index (κ2) is 7.09. The van der Waals surface area contributed by atoms with Crippen LogP contribution in [0, 0.1) is 13.8 Å². The van der Waals surface area contributed by atoms with Gasteiger partial charge in [-0.2, -0.15) is 0 Å². The van der Waals surface area contributed by atoms with Gasteiger partial charge >= 0.3 is 5.97 Å². The van der Waals surface area contributed by atoms with Gasteiger partial charge in [-0.3, -0.25) is 4.79 Å². The third-order valence-electron chi connectivity index (χ3n) is 2.41. The van der Waals surface area contributed by atoms with Crippen LogP contribution in [0.5, 0.6) is 0 Å². The quantitative estimate of drug-likeness (QED) is 0.663. The first-order valence-corrected chi connectivity index (χ1v) is 6.41. The van der Waals surface area contributed by atoms with Crippen molar-refractivity contribution in [1.29, 1.82) is 0 Å². The van der Waals surface area contributed by atoms with E-state index in [-0.39, 0.29) is 23.2 Å². The molecular formula is C13H17ClN2O3. The van der Waals surface area contributed by atoms with E-state index >= 15 is 0 Å². The Bertz CT molecular complexity index is 466. The highest BCUT2D eigenvalue weighted by Crippen LogP contribution is 2.19. The fourth-order valence-corrected chi connectivity index (χ4v) is 1.91. The van der Waals surface area contributed by atoms with Crippen molar-refractivity contribution in [3.63, 3.8) is 0 Å². The number of nitrogens with one attached hydrogen (secondary N) is 1. The number of halogens is 1. The lowest BCUT2D eigenvalue weighted by Crippen LogP contribution is -2.29. The molecule has 0 aliphatic rings. The maximum Gasteiger partial charge on any atom is 0.342 e. The Kier molecular flexibility index (Phi) is 5.76. The van der Waals surface area contributed by atoms with Crippen LogP contribution in [-0.2, 0) is 9.53 Å². The molecule has 0 saturated heterocycles. The molecule has 0 aliphatic heterocycles. The molecule has 104 valence electrons. The van der Waals surface area contributed by atoms with Gasteiger partial charge in [0.2, 0.25) is 0 Å². The first-order valence-electron chi connectivity index (χ1n) is 6.03. The molecule has 1 rings (SSSR count). The number of ether oxygens (including phenoxy) is 1. The van der Waals surface area contributed by atoms with Crippen molar-refractivity contribution in [3.8, 4) is 0 Å². The fraction of sp³-hybridized carbons (Fsp3) is 0.462. The lowest BCUT2D eigenvalue weighted by Gasteiger charge is -2.09. The van der Waals surface area contributed by atoms with Crippen LogP contribution in [0.15, 0.2) is 6.07 Å². The molecule has 0 atom stereocenters. The Hall–Kier alpha value is -1.62. The molecule has 0 aliphatic carbocycles. The second-order valence-electron chi connectivity index (χ2n) is 4.17. The number of carbonyl (C=O) groups is 2. The summed E-state index contributed by atoms with van der Waals surface area (Å²) in [5.74, 6) is -0.967. The van der Waals surface area contributed by atoms with Crippen LogP contribution in [0.3, 0.4) is 0 Å². The minimum absolute atomic E-state index is 0.0940. The Balaban J connectivity index is 2.67. The number of hydrogen-bond acceptors (Lipinski definition) is 4. The number of pyridine rings is 1. The van der Waals surface area contributed by atoms with Gasteiger partial charge in [0.1, 0.15) is 5.15 Å². The molecule has 5 nitrogen and oxygen atoms in total. The molecule has 6 heteroatoms. The SMILES string of the molecule is CCCNC(=O)COC(=O)c1c(C)cc(C)nc1Cl. The molecule has 1 N–H and O–H groups in total. The second-order valence-corrected chi connectivity index (χ2v) is 4.53. The molecule has 0 unspecified atom stereocenters. The van der Waals surface area contributed by atoms with E-state index in [1.165, 1.54) is 0 Å². The van der Waals surface area contributed by atoms with E-state index < -0.39 is 5.97 Å². The fourth-order valence-electron chi connectivity index (χ4n) is 1.56. The molecule has 0 spiro atoms. The van der Waals surface area contributed by atoms with Gasteiger partial charge in [0.25, 0.3) is 5.91 Å². The van der Waals surface area contributed by atoms with Crippen LogP contribution < -0.4 is 5.32 Å². The molecule has 0 radical (unpaired) electrons. The molecule has 0 aromatic carbocycles. The Morgan fingerprint density at radius 3 is 2.68 bits per heavy atom. The van der Waals surface area contributed by atoms with Gasteiger partial charge in [0.05, 0.1) is 5.56 Å². The average Bonchev–Trinajstić information content (AvgIpc) is 2.32. The third kappa shape index (κ3) is 4.52. The molecule has 0 bridgehead atoms. The van der Waals surface area contributed by atoms with E-state index in [1.54, 1.807) is 19.9 Å². The van der Waals surface area contributed by atoms with Gasteiger partial charge in [-0.15, -0.1) is 0 Å². The van der Waals surface area contributed by atoms with E-state index in [9.17, 15) is 9.59 Å². The van der Waals surface area contributed by atoms with Crippen LogP contribution in [0.4, 0.5) is 0 Å². The Morgan fingerprint density at radius 1 is 1.42 bits per heavy atom. The molecule has 1 heterocycles. The lowest BCUT2D eigenvalue weighted by molar-refractivity contribution is -0.124. The van der Waals surface area contributed by atoms with Gasteiger partial charge in [-0.1, -0.05) is 18.5 Å². The highest BCUT2D eigenvalue weighted by Gasteiger charge is 2.17. The highest BCUT2D eigenvalue weighted by atomic mass is 35.5. The monoisotopic (exact) mass is 284 g/mol. The highest BCUT2D eigenvalue weighted by molar-refractivity contribution is 6.32. The maximum absolute atomic E-state index is 11.8. The predicted molar refractivity (Wildman–Crippen MR) is 72.3 cm³/mol. The van der Waals surface area contributed by atoms with Crippen molar-refractivity contribution in [1.82, 2.24) is 10.3 Å². The maximum atomic E-state index is 11.8. The minimum Gasteiger partial charge on any atom is -0.452 e. The Labute approximate surface area is 117 Å². The summed E-state index contributed by atoms with van der Waals surface area (Å²) < 4.78 is 4.91. The first kappa shape index (κ1) is 15.4. The summed E-state index contributed by atoms with van der Waals surface area (Å²) >= 11 is 5.92. The number of nitrogens with zero attached hydrogens (tertiary/aromatic N) is 1. The van der Waals surface area contributed by atoms with Gasteiger partial charge in [0.15, 0.2) is 6.61 Å². The topological polar surface area (TPSA) is 68.3 Å². The number of rotatable bonds is 5. The van der Waals surface area contributed by atoms with Crippen LogP contribution in [-0.4, -0.2) is 30.0 Å². The normalized spacial score (nSPS) is 10.1. The van der Waals surface area contributed by atoms with Crippen LogP contribution in [0.1, 0.15) is 35.0 Å². The summed E-state index contributed by atoms with van der Waals surface area (Å²) in [7, 11) is 0. The van der Waals surface area contributed by atoms with Crippen LogP contribution in [0.2, 0.25) is 5.15 Å². The summed E-state index contributed by atoms with van der Waals surface area (Å²) in [5, 5.41) is 2.71. The molecular weight excluding hydrogens is 268 g/mol. The summed E-state index contributed by atoms with van der Waals surface area (Å²) in [4.78, 5) is 27.2. The van der Waals surface area contributed by atoms with E-state index in [2.05, 4.69) is 10.3 Å². The number of carbonyl (C=O) groups excluding carboxylic acids is 2. The largest absolute Gasteiger partial charge is 0.452 e. The van der Waals surface area contributed by atoms with Gasteiger partial charge < -0.3 is 10.1 Å². The summed E-state index contributed by atoms with van der Waals surface area (Å²) in [6.45, 7) is 5.71. The van der Waals surface area contributed by atoms with Crippen LogP contribution in [0.25, 0.3) is 0 Å². The number of aromatic nitrogens is 1. The zero-order valence-corrected chi connectivity index (χ0v) is 12.0. The van der Waals surface area contributed by atoms with Gasteiger partial charge in [-0.25, -0.2) is 9.78 Å². The lowest BCUT2D eigenvalue weighted by atomic mass is 10.1. The van der Waals surface area contributed by atoms with E-state index in [1.807, 2.05) is 6.92 Å². The Morgan fingerprint density at radius 2 is 2.11 bits per heavy atom. The van der Waals surface area contributed by atoms with E-state index in [0.29, 0.717) is 12.1 Å². The zero-order valence-electron chi connectivity index (χ0n) is 11.2. The molecule has 1 aromatic rings. The average molecular weight is 285 g/mol. The summed E-state index contributed by atoms with van der Waals surface area (Å²) in [5.41, 5.74) is 1.60. The molecule has 0 saturated carbocycles. The molecule has 0 fully saturated rings. The summed E-state index contributed by atoms with van der Waals surface area (Å²) in [6.07, 6.45) is 0.826. The van der Waals surface area contributed by atoms with Gasteiger partial charge in [0, 0.05) is 12.2 Å². The number of amides is 1. The van der Waals surface area contributed by atoms with Crippen molar-refractivity contribution >= 4 is 23.5 Å². The van der Waals surface area contributed by atoms with Crippen molar-refractivity contribution in [2.45, 2.75) is 27.2 Å². The zero-order chi connectivity index (χ0) is 14.4. The standard InChI is InChI=1S/C13H17ClN2O3/c1-4-5-15-10(17)7-19-13(18)11-8(2)6-9(3)16-12(11)14/h6H,4-5,7H2,1-3H3,(H,15,17). The predicted octanol–water partition coefficient (Wildman–Crippen LogP) is 2.03. The number of esters is 1. The first-order chi connectivity index (χ1) is 8.95. The number of aryl methyl sites for hydroxylation is 2. The van der Waals surface area contributed by atoms with E-state index in [4.69, 9.17) is 16.3 Å². The smallest absolute Gasteiger partial charge is 0.342 e.